The minimum atomic E-state index is -5.02. The summed E-state index contributed by atoms with van der Waals surface area (Å²) in [5.74, 6) is -2.35. The normalized spacial score (nSPS) is 14.7. The maximum atomic E-state index is 13.1. The van der Waals surface area contributed by atoms with E-state index in [1.54, 1.807) is 0 Å². The van der Waals surface area contributed by atoms with Crippen molar-refractivity contribution >= 4 is 39.5 Å². The molecule has 0 bridgehead atoms. The lowest BCUT2D eigenvalue weighted by Gasteiger charge is -2.21. The topological polar surface area (TPSA) is 237 Å². The van der Waals surface area contributed by atoms with Crippen LogP contribution in [0.3, 0.4) is 0 Å². The van der Waals surface area contributed by atoms with Crippen LogP contribution in [0.1, 0.15) is 310 Å². The molecule has 19 heteroatoms. The van der Waals surface area contributed by atoms with Crippen LogP contribution in [-0.4, -0.2) is 96.7 Å². The molecule has 0 saturated heterocycles. The zero-order chi connectivity index (χ0) is 81.7. The smallest absolute Gasteiger partial charge is 0.462 e. The number of esters is 4. The van der Waals surface area contributed by atoms with Crippen molar-refractivity contribution in [2.24, 2.45) is 0 Å². The fourth-order valence-electron chi connectivity index (χ4n) is 10.6. The van der Waals surface area contributed by atoms with Gasteiger partial charge in [-0.15, -0.1) is 0 Å². The molecule has 0 rings (SSSR count). The highest BCUT2D eigenvalue weighted by molar-refractivity contribution is 7.47. The Morgan fingerprint density at radius 1 is 0.259 bits per heavy atom. The first-order valence-electron chi connectivity index (χ1n) is 42.7. The summed E-state index contributed by atoms with van der Waals surface area (Å²) < 4.78 is 68.7. The monoisotopic (exact) mass is 1600 g/mol. The number of phosphoric acid groups is 2. The van der Waals surface area contributed by atoms with Gasteiger partial charge in [0.1, 0.15) is 19.3 Å². The Morgan fingerprint density at radius 2 is 0.473 bits per heavy atom. The zero-order valence-corrected chi connectivity index (χ0v) is 71.3. The van der Waals surface area contributed by atoms with Crippen molar-refractivity contribution < 1.29 is 80.2 Å². The minimum absolute atomic E-state index is 0.00444. The minimum Gasteiger partial charge on any atom is -0.462 e. The summed E-state index contributed by atoms with van der Waals surface area (Å²) >= 11 is 0. The number of rotatable bonds is 78. The summed E-state index contributed by atoms with van der Waals surface area (Å²) in [5, 5.41) is 10.7. The highest BCUT2D eigenvalue weighted by Gasteiger charge is 2.30. The van der Waals surface area contributed by atoms with Crippen LogP contribution in [0.15, 0.2) is 194 Å². The van der Waals surface area contributed by atoms with Crippen molar-refractivity contribution in [1.82, 2.24) is 0 Å². The highest BCUT2D eigenvalue weighted by Crippen LogP contribution is 2.45. The van der Waals surface area contributed by atoms with E-state index in [2.05, 4.69) is 198 Å². The third-order valence-corrected chi connectivity index (χ3v) is 18.9. The van der Waals surface area contributed by atoms with E-state index in [0.717, 1.165) is 180 Å². The lowest BCUT2D eigenvalue weighted by Crippen LogP contribution is -2.30. The number of hydrogen-bond donors (Lipinski definition) is 3. The SMILES string of the molecule is CC/C=C\C/C=C\C/C=C\C/C=C\C/C=C\CCCC(=O)OC(COC(=O)CCCCCCCC/C=C\C/C=C\C/C=C\CCCCC)COP(=O)(O)OCC(O)COP(=O)(O)OCC(COC(=O)CCCCCCCC/C=C\C/C=C\C/C=C\CCCCC)OC(=O)CCC/C=C\C/C=C\C/C=C\C/C=C\C/C=C\CC. The van der Waals surface area contributed by atoms with Gasteiger partial charge in [-0.1, -0.05) is 299 Å². The predicted octanol–water partition coefficient (Wildman–Crippen LogP) is 25.7. The van der Waals surface area contributed by atoms with Crippen LogP contribution in [0.25, 0.3) is 0 Å². The Morgan fingerprint density at radius 3 is 0.741 bits per heavy atom. The molecule has 0 aliphatic rings. The molecule has 4 atom stereocenters. The molecule has 0 aliphatic heterocycles. The quantitative estimate of drug-likeness (QED) is 0.0169. The maximum Gasteiger partial charge on any atom is 0.472 e. The fraction of sp³-hybridized carbons (Fsp3) is 0.613. The summed E-state index contributed by atoms with van der Waals surface area (Å²) in [6, 6.07) is 0. The largest absolute Gasteiger partial charge is 0.472 e. The van der Waals surface area contributed by atoms with Crippen LogP contribution >= 0.6 is 15.6 Å². The Balaban J connectivity index is 5.52. The predicted molar refractivity (Wildman–Crippen MR) is 463 cm³/mol. The number of unbranched alkanes of at least 4 members (excludes halogenated alkanes) is 20. The average Bonchev–Trinajstić information content (AvgIpc) is 0.897. The molecule has 0 heterocycles. The third kappa shape index (κ3) is 81.9. The van der Waals surface area contributed by atoms with Gasteiger partial charge in [0.25, 0.3) is 0 Å². The number of ether oxygens (including phenoxy) is 4. The van der Waals surface area contributed by atoms with Crippen molar-refractivity contribution in [3.05, 3.63) is 194 Å². The van der Waals surface area contributed by atoms with Gasteiger partial charge >= 0.3 is 39.5 Å². The van der Waals surface area contributed by atoms with Crippen LogP contribution < -0.4 is 0 Å². The van der Waals surface area contributed by atoms with Crippen LogP contribution in [0.5, 0.6) is 0 Å². The molecule has 0 aliphatic carbocycles. The molecule has 0 aromatic heterocycles. The molecular weight excluding hydrogens is 1450 g/mol. The first-order valence-corrected chi connectivity index (χ1v) is 45.7. The molecule has 4 unspecified atom stereocenters. The molecule has 112 heavy (non-hydrogen) atoms. The van der Waals surface area contributed by atoms with Crippen molar-refractivity contribution in [2.75, 3.05) is 39.6 Å². The summed E-state index contributed by atoms with van der Waals surface area (Å²) in [5.41, 5.74) is 0. The van der Waals surface area contributed by atoms with Gasteiger partial charge in [-0.25, -0.2) is 9.13 Å². The summed E-state index contributed by atoms with van der Waals surface area (Å²) in [6.07, 6.45) is 103. The Kier molecular flexibility index (Phi) is 78.4. The molecular formula is C93H150O17P2. The van der Waals surface area contributed by atoms with Gasteiger partial charge in [-0.2, -0.15) is 0 Å². The number of allylic oxidation sites excluding steroid dienone is 32. The van der Waals surface area contributed by atoms with Gasteiger partial charge in [-0.05, 0) is 180 Å². The molecule has 3 N–H and O–H groups in total. The number of carbonyl (C=O) groups is 4. The molecule has 0 fully saturated rings. The first-order chi connectivity index (χ1) is 54.7. The molecule has 0 aromatic carbocycles. The fourth-order valence-corrected chi connectivity index (χ4v) is 12.2. The van der Waals surface area contributed by atoms with E-state index >= 15 is 0 Å². The van der Waals surface area contributed by atoms with Crippen molar-refractivity contribution in [3.63, 3.8) is 0 Å². The second kappa shape index (κ2) is 82.9. The lowest BCUT2D eigenvalue weighted by atomic mass is 10.1. The highest BCUT2D eigenvalue weighted by atomic mass is 31.2. The standard InChI is InChI=1S/C93H150O17P2/c1-5-9-13-17-21-25-29-33-37-41-43-47-49-53-57-61-65-69-73-77-90(95)103-83-88(109-92(97)79-75-71-67-63-59-55-51-45-39-35-31-27-23-19-15-11-7-3)85-107-111(99,100)105-81-87(94)82-106-112(101,102)108-86-89(110-93(98)80-76-72-68-64-60-56-52-46-40-36-32-28-24-20-16-12-8-4)84-104-91(96)78-74-70-66-62-58-54-50-48-44-42-38-34-30-26-22-18-14-10-6-2/h11-12,15-16,21-28,33-40,43-44,47-48,51-52,55-56,63-64,67-68,87-89,94H,5-10,13-14,17-20,29-32,41-42,45-46,49-50,53-54,57-62,65-66,69-86H2,1-4H3,(H,99,100)(H,101,102)/b15-11-,16-12-,25-21-,26-22-,27-23-,28-24-,37-33-,38-34-,39-35-,40-36-,47-43-,48-44-,55-51-,56-52-,67-63-,68-64-. The average molecular weight is 1600 g/mol. The van der Waals surface area contributed by atoms with Crippen LogP contribution in [0.4, 0.5) is 0 Å². The Labute approximate surface area is 678 Å². The number of hydrogen-bond acceptors (Lipinski definition) is 15. The van der Waals surface area contributed by atoms with Crippen LogP contribution in [-0.2, 0) is 65.4 Å². The molecule has 0 radical (unpaired) electrons. The third-order valence-electron chi connectivity index (χ3n) is 17.0. The van der Waals surface area contributed by atoms with Crippen LogP contribution in [0.2, 0.25) is 0 Å². The first kappa shape index (κ1) is 106. The lowest BCUT2D eigenvalue weighted by molar-refractivity contribution is -0.161. The van der Waals surface area contributed by atoms with Crippen molar-refractivity contribution in [3.8, 4) is 0 Å². The number of aliphatic hydroxyl groups is 1. The van der Waals surface area contributed by atoms with Gasteiger partial charge in [0.15, 0.2) is 12.2 Å². The second-order valence-electron chi connectivity index (χ2n) is 27.6. The molecule has 0 amide bonds. The zero-order valence-electron chi connectivity index (χ0n) is 69.5. The molecule has 0 aromatic rings. The molecule has 0 saturated carbocycles. The van der Waals surface area contributed by atoms with Crippen molar-refractivity contribution in [1.29, 1.82) is 0 Å². The molecule has 634 valence electrons. The van der Waals surface area contributed by atoms with Gasteiger partial charge in [0.05, 0.1) is 26.4 Å². The number of carbonyl (C=O) groups excluding carboxylic acids is 4. The second-order valence-corrected chi connectivity index (χ2v) is 30.6. The number of aliphatic hydroxyl groups excluding tert-OH is 1. The van der Waals surface area contributed by atoms with E-state index in [4.69, 9.17) is 37.0 Å². The van der Waals surface area contributed by atoms with Gasteiger partial charge in [0.2, 0.25) is 0 Å². The van der Waals surface area contributed by atoms with Gasteiger partial charge < -0.3 is 33.8 Å². The van der Waals surface area contributed by atoms with E-state index in [9.17, 15) is 43.2 Å². The van der Waals surface area contributed by atoms with E-state index in [0.29, 0.717) is 38.5 Å². The summed E-state index contributed by atoms with van der Waals surface area (Å²) in [6.45, 7) is 4.43. The Hall–Kier alpha value is -6.10. The Bertz CT molecular complexity index is 2700. The van der Waals surface area contributed by atoms with E-state index < -0.39 is 97.5 Å². The number of phosphoric ester groups is 2. The van der Waals surface area contributed by atoms with E-state index in [-0.39, 0.29) is 25.7 Å². The van der Waals surface area contributed by atoms with E-state index in [1.165, 1.54) is 38.5 Å². The molecule has 0 spiro atoms. The summed E-state index contributed by atoms with van der Waals surface area (Å²) in [7, 11) is -10.0. The molecule has 17 nitrogen and oxygen atoms in total. The van der Waals surface area contributed by atoms with Crippen LogP contribution in [0, 0.1) is 0 Å². The van der Waals surface area contributed by atoms with Crippen molar-refractivity contribution in [2.45, 2.75) is 329 Å². The summed E-state index contributed by atoms with van der Waals surface area (Å²) in [4.78, 5) is 73.3. The van der Waals surface area contributed by atoms with Gasteiger partial charge in [0, 0.05) is 25.7 Å². The maximum absolute atomic E-state index is 13.1. The van der Waals surface area contributed by atoms with Gasteiger partial charge in [-0.3, -0.25) is 37.3 Å². The van der Waals surface area contributed by atoms with E-state index in [1.807, 2.05) is 24.3 Å².